The fourth-order valence-electron chi connectivity index (χ4n) is 5.27. The second-order valence-corrected chi connectivity index (χ2v) is 9.73. The summed E-state index contributed by atoms with van der Waals surface area (Å²) < 4.78 is 0. The summed E-state index contributed by atoms with van der Waals surface area (Å²) in [4.78, 5) is 22.4. The van der Waals surface area contributed by atoms with Crippen molar-refractivity contribution in [3.8, 4) is 0 Å². The highest BCUT2D eigenvalue weighted by Crippen LogP contribution is 2.25. The van der Waals surface area contributed by atoms with Gasteiger partial charge in [0.05, 0.1) is 0 Å². The van der Waals surface area contributed by atoms with Gasteiger partial charge in [-0.05, 0) is 70.9 Å². The van der Waals surface area contributed by atoms with E-state index in [9.17, 15) is 4.79 Å². The summed E-state index contributed by atoms with van der Waals surface area (Å²) in [5, 5.41) is 0. The summed E-state index contributed by atoms with van der Waals surface area (Å²) in [6.07, 6.45) is 6.28. The molecule has 3 aliphatic rings. The predicted molar refractivity (Wildman–Crippen MR) is 112 cm³/mol. The maximum atomic E-state index is 12.9. The SMILES string of the molecule is CC(C)CC1CCN(C(=O)N2CCN(C3CCN(C(C)C)CC3)CC2)CC1. The van der Waals surface area contributed by atoms with E-state index in [2.05, 4.69) is 47.3 Å². The third kappa shape index (κ3) is 5.60. The molecule has 3 aliphatic heterocycles. The standard InChI is InChI=1S/C22H42N4O/c1-18(2)17-20-5-9-25(10-6-20)22(27)26-15-13-24(14-16-26)21-7-11-23(12-8-21)19(3)4/h18-21H,5-17H2,1-4H3. The molecule has 3 heterocycles. The van der Waals surface area contributed by atoms with Gasteiger partial charge >= 0.3 is 6.03 Å². The maximum absolute atomic E-state index is 12.9. The van der Waals surface area contributed by atoms with Crippen LogP contribution >= 0.6 is 0 Å². The Bertz CT molecular complexity index is 457. The van der Waals surface area contributed by atoms with E-state index in [-0.39, 0.29) is 0 Å². The minimum atomic E-state index is 0.298. The molecule has 5 nitrogen and oxygen atoms in total. The zero-order valence-corrected chi connectivity index (χ0v) is 18.2. The molecule has 0 N–H and O–H groups in total. The number of likely N-dealkylation sites (tertiary alicyclic amines) is 2. The van der Waals surface area contributed by atoms with Crippen LogP contribution in [0.2, 0.25) is 0 Å². The predicted octanol–water partition coefficient (Wildman–Crippen LogP) is 3.35. The van der Waals surface area contributed by atoms with Gasteiger partial charge in [0.1, 0.15) is 0 Å². The van der Waals surface area contributed by atoms with E-state index in [0.717, 1.165) is 57.1 Å². The van der Waals surface area contributed by atoms with Gasteiger partial charge < -0.3 is 14.7 Å². The van der Waals surface area contributed by atoms with E-state index in [0.29, 0.717) is 12.1 Å². The molecule has 0 aromatic carbocycles. The Hall–Kier alpha value is -0.810. The molecule has 0 saturated carbocycles. The highest BCUT2D eigenvalue weighted by Gasteiger charge is 2.32. The molecule has 3 fully saturated rings. The van der Waals surface area contributed by atoms with Crippen molar-refractivity contribution in [2.45, 2.75) is 71.9 Å². The Balaban J connectivity index is 1.39. The number of rotatable bonds is 4. The van der Waals surface area contributed by atoms with Crippen LogP contribution in [0.4, 0.5) is 4.79 Å². The monoisotopic (exact) mass is 378 g/mol. The van der Waals surface area contributed by atoms with Crippen molar-refractivity contribution in [2.75, 3.05) is 52.4 Å². The Morgan fingerprint density at radius 3 is 1.85 bits per heavy atom. The molecule has 27 heavy (non-hydrogen) atoms. The van der Waals surface area contributed by atoms with Crippen molar-refractivity contribution in [3.05, 3.63) is 0 Å². The Morgan fingerprint density at radius 1 is 0.778 bits per heavy atom. The molecule has 0 spiro atoms. The average molecular weight is 379 g/mol. The molecule has 2 amide bonds. The Morgan fingerprint density at radius 2 is 1.33 bits per heavy atom. The molecule has 0 aliphatic carbocycles. The van der Waals surface area contributed by atoms with Crippen LogP contribution in [0.25, 0.3) is 0 Å². The number of piperazine rings is 1. The summed E-state index contributed by atoms with van der Waals surface area (Å²) in [6.45, 7) is 17.5. The summed E-state index contributed by atoms with van der Waals surface area (Å²) in [5.41, 5.74) is 0. The van der Waals surface area contributed by atoms with Crippen LogP contribution in [0.5, 0.6) is 0 Å². The van der Waals surface area contributed by atoms with Gasteiger partial charge in [-0.2, -0.15) is 0 Å². The van der Waals surface area contributed by atoms with Crippen LogP contribution in [0, 0.1) is 11.8 Å². The zero-order valence-electron chi connectivity index (χ0n) is 18.2. The van der Waals surface area contributed by atoms with Crippen LogP contribution in [-0.2, 0) is 0 Å². The quantitative estimate of drug-likeness (QED) is 0.751. The van der Waals surface area contributed by atoms with Crippen LogP contribution in [0.1, 0.15) is 59.8 Å². The third-order valence-electron chi connectivity index (χ3n) is 7.02. The van der Waals surface area contributed by atoms with Gasteiger partial charge in [0.25, 0.3) is 0 Å². The molecular weight excluding hydrogens is 336 g/mol. The molecule has 0 aromatic rings. The lowest BCUT2D eigenvalue weighted by atomic mass is 9.89. The van der Waals surface area contributed by atoms with Gasteiger partial charge in [0.15, 0.2) is 0 Å². The minimum absolute atomic E-state index is 0.298. The molecule has 0 bridgehead atoms. The third-order valence-corrected chi connectivity index (χ3v) is 7.02. The zero-order chi connectivity index (χ0) is 19.4. The molecule has 0 radical (unpaired) electrons. The highest BCUT2D eigenvalue weighted by molar-refractivity contribution is 5.74. The van der Waals surface area contributed by atoms with Gasteiger partial charge in [0, 0.05) is 51.4 Å². The van der Waals surface area contributed by atoms with Crippen LogP contribution < -0.4 is 0 Å². The Labute approximate surface area is 167 Å². The van der Waals surface area contributed by atoms with E-state index < -0.39 is 0 Å². The summed E-state index contributed by atoms with van der Waals surface area (Å²) in [6, 6.07) is 1.70. The number of hydrogen-bond donors (Lipinski definition) is 0. The van der Waals surface area contributed by atoms with Crippen molar-refractivity contribution >= 4 is 6.03 Å². The van der Waals surface area contributed by atoms with Gasteiger partial charge in [-0.3, -0.25) is 4.90 Å². The lowest BCUT2D eigenvalue weighted by molar-refractivity contribution is 0.0513. The fourth-order valence-corrected chi connectivity index (χ4v) is 5.27. The smallest absolute Gasteiger partial charge is 0.320 e. The highest BCUT2D eigenvalue weighted by atomic mass is 16.2. The molecule has 3 saturated heterocycles. The molecule has 0 atom stereocenters. The fraction of sp³-hybridized carbons (Fsp3) is 0.955. The van der Waals surface area contributed by atoms with Crippen LogP contribution in [0.3, 0.4) is 0 Å². The van der Waals surface area contributed by atoms with Gasteiger partial charge in [-0.25, -0.2) is 4.79 Å². The summed E-state index contributed by atoms with van der Waals surface area (Å²) >= 11 is 0. The van der Waals surface area contributed by atoms with E-state index in [1.54, 1.807) is 0 Å². The first kappa shape index (κ1) is 20.9. The number of urea groups is 1. The molecule has 3 rings (SSSR count). The topological polar surface area (TPSA) is 30.0 Å². The number of carbonyl (C=O) groups excluding carboxylic acids is 1. The average Bonchev–Trinajstić information content (AvgIpc) is 2.68. The van der Waals surface area contributed by atoms with E-state index >= 15 is 0 Å². The minimum Gasteiger partial charge on any atom is -0.325 e. The number of hydrogen-bond acceptors (Lipinski definition) is 3. The number of piperidine rings is 2. The van der Waals surface area contributed by atoms with Gasteiger partial charge in [-0.15, -0.1) is 0 Å². The Kier molecular flexibility index (Phi) is 7.43. The van der Waals surface area contributed by atoms with Crippen LogP contribution in [-0.4, -0.2) is 90.1 Å². The second kappa shape index (κ2) is 9.60. The van der Waals surface area contributed by atoms with E-state index in [1.165, 1.54) is 45.2 Å². The summed E-state index contributed by atoms with van der Waals surface area (Å²) in [7, 11) is 0. The number of amides is 2. The van der Waals surface area contributed by atoms with E-state index in [1.807, 2.05) is 0 Å². The lowest BCUT2D eigenvalue weighted by Gasteiger charge is -2.44. The molecule has 0 aromatic heterocycles. The van der Waals surface area contributed by atoms with Crippen molar-refractivity contribution in [1.82, 2.24) is 19.6 Å². The molecule has 156 valence electrons. The van der Waals surface area contributed by atoms with Crippen molar-refractivity contribution in [3.63, 3.8) is 0 Å². The van der Waals surface area contributed by atoms with Gasteiger partial charge in [-0.1, -0.05) is 13.8 Å². The van der Waals surface area contributed by atoms with Crippen molar-refractivity contribution < 1.29 is 4.79 Å². The molecular formula is C22H42N4O. The second-order valence-electron chi connectivity index (χ2n) is 9.73. The van der Waals surface area contributed by atoms with Crippen molar-refractivity contribution in [1.29, 1.82) is 0 Å². The van der Waals surface area contributed by atoms with Crippen molar-refractivity contribution in [2.24, 2.45) is 11.8 Å². The van der Waals surface area contributed by atoms with Gasteiger partial charge in [0.2, 0.25) is 0 Å². The summed E-state index contributed by atoms with van der Waals surface area (Å²) in [5.74, 6) is 1.60. The largest absolute Gasteiger partial charge is 0.325 e. The molecule has 5 heteroatoms. The van der Waals surface area contributed by atoms with E-state index in [4.69, 9.17) is 0 Å². The first-order valence-electron chi connectivity index (χ1n) is 11.5. The lowest BCUT2D eigenvalue weighted by Crippen LogP contribution is -2.57. The first-order valence-corrected chi connectivity index (χ1v) is 11.5. The van der Waals surface area contributed by atoms with Crippen LogP contribution in [0.15, 0.2) is 0 Å². The number of nitrogens with zero attached hydrogens (tertiary/aromatic N) is 4. The normalized spacial score (nSPS) is 25.0. The number of carbonyl (C=O) groups is 1. The first-order chi connectivity index (χ1) is 12.9. The molecule has 0 unspecified atom stereocenters. The maximum Gasteiger partial charge on any atom is 0.320 e.